The van der Waals surface area contributed by atoms with Gasteiger partial charge < -0.3 is 28.4 Å². The molecule has 1 fully saturated rings. The minimum absolute atomic E-state index is 0.0354. The molecule has 5 atom stereocenters. The molecular formula is C28H28O8. The molecule has 4 aliphatic rings. The fraction of sp³-hybridized carbons (Fsp3) is 0.429. The molecule has 0 aromatic heterocycles. The van der Waals surface area contributed by atoms with Crippen LogP contribution < -0.4 is 23.7 Å². The average molecular weight is 493 g/mol. The summed E-state index contributed by atoms with van der Waals surface area (Å²) in [5, 5.41) is 0. The Bertz CT molecular complexity index is 1270. The molecule has 36 heavy (non-hydrogen) atoms. The van der Waals surface area contributed by atoms with Crippen molar-refractivity contribution >= 4 is 11.8 Å². The molecule has 2 bridgehead atoms. The van der Waals surface area contributed by atoms with Gasteiger partial charge in [-0.1, -0.05) is 12.2 Å². The van der Waals surface area contributed by atoms with Crippen molar-refractivity contribution in [2.45, 2.75) is 18.8 Å². The van der Waals surface area contributed by atoms with Crippen LogP contribution in [-0.2, 0) is 9.53 Å². The van der Waals surface area contributed by atoms with Gasteiger partial charge in [0.15, 0.2) is 28.8 Å². The molecule has 0 radical (unpaired) electrons. The molecule has 2 aromatic carbocycles. The van der Waals surface area contributed by atoms with E-state index in [4.69, 9.17) is 28.4 Å². The van der Waals surface area contributed by atoms with Crippen molar-refractivity contribution in [1.82, 2.24) is 0 Å². The number of esters is 1. The van der Waals surface area contributed by atoms with E-state index in [9.17, 15) is 9.59 Å². The monoisotopic (exact) mass is 492 g/mol. The second-order valence-corrected chi connectivity index (χ2v) is 9.79. The summed E-state index contributed by atoms with van der Waals surface area (Å²) in [4.78, 5) is 28.0. The minimum Gasteiger partial charge on any atom is -0.493 e. The lowest BCUT2D eigenvalue weighted by Crippen LogP contribution is -2.52. The highest BCUT2D eigenvalue weighted by Gasteiger charge is 2.65. The molecule has 0 N–H and O–H groups in total. The van der Waals surface area contributed by atoms with E-state index in [1.54, 1.807) is 27.4 Å². The van der Waals surface area contributed by atoms with Crippen LogP contribution >= 0.6 is 0 Å². The maximum atomic E-state index is 14.4. The number of hydrogen-bond donors (Lipinski definition) is 0. The summed E-state index contributed by atoms with van der Waals surface area (Å²) < 4.78 is 33.5. The number of fused-ring (bicyclic) bond motifs is 5. The number of carbonyl (C=O) groups excluding carboxylic acids is 2. The highest BCUT2D eigenvalue weighted by molar-refractivity contribution is 6.08. The van der Waals surface area contributed by atoms with Crippen LogP contribution in [0.5, 0.6) is 28.7 Å². The number of ether oxygens (including phenoxy) is 6. The lowest BCUT2D eigenvalue weighted by molar-refractivity contribution is -0.151. The summed E-state index contributed by atoms with van der Waals surface area (Å²) in [6.07, 6.45) is 5.72. The van der Waals surface area contributed by atoms with Gasteiger partial charge in [-0.05, 0) is 60.1 Å². The largest absolute Gasteiger partial charge is 0.493 e. The summed E-state index contributed by atoms with van der Waals surface area (Å²) in [7, 11) is 6.03. The van der Waals surface area contributed by atoms with Crippen LogP contribution in [0.25, 0.3) is 0 Å². The van der Waals surface area contributed by atoms with E-state index in [0.717, 1.165) is 12.0 Å². The van der Waals surface area contributed by atoms with Crippen molar-refractivity contribution < 1.29 is 38.0 Å². The summed E-state index contributed by atoms with van der Waals surface area (Å²) in [6, 6.07) is 7.30. The zero-order valence-electron chi connectivity index (χ0n) is 20.7. The Labute approximate surface area is 209 Å². The molecule has 1 spiro atoms. The Balaban J connectivity index is 1.66. The van der Waals surface area contributed by atoms with Crippen molar-refractivity contribution in [2.75, 3.05) is 35.2 Å². The predicted octanol–water partition coefficient (Wildman–Crippen LogP) is 4.14. The van der Waals surface area contributed by atoms with Gasteiger partial charge in [0.25, 0.3) is 0 Å². The quantitative estimate of drug-likeness (QED) is 0.455. The number of methoxy groups -OCH3 is 4. The lowest BCUT2D eigenvalue weighted by atomic mass is 9.53. The normalized spacial score (nSPS) is 28.8. The molecular weight excluding hydrogens is 464 g/mol. The first kappa shape index (κ1) is 22.8. The van der Waals surface area contributed by atoms with E-state index in [0.29, 0.717) is 46.3 Å². The molecule has 1 heterocycles. The fourth-order valence-corrected chi connectivity index (χ4v) is 6.92. The second kappa shape index (κ2) is 8.18. The van der Waals surface area contributed by atoms with E-state index in [2.05, 4.69) is 12.2 Å². The van der Waals surface area contributed by atoms with Crippen molar-refractivity contribution in [3.63, 3.8) is 0 Å². The van der Waals surface area contributed by atoms with E-state index in [-0.39, 0.29) is 24.4 Å². The maximum absolute atomic E-state index is 14.4. The van der Waals surface area contributed by atoms with E-state index < -0.39 is 23.2 Å². The minimum atomic E-state index is -0.918. The van der Waals surface area contributed by atoms with Gasteiger partial charge in [-0.3, -0.25) is 9.59 Å². The average Bonchev–Trinajstić information content (AvgIpc) is 3.65. The SMILES string of the molecule is COC(=O)[C@H]1[C@H](c2cc(OC)c(OC)c(OC)c2)c2cc3c(cc2C(=O)[C@@]12C[C@H]1C=C[C@H]2C1)OCO3. The molecule has 188 valence electrons. The van der Waals surface area contributed by atoms with Gasteiger partial charge in [0.05, 0.1) is 39.8 Å². The van der Waals surface area contributed by atoms with Crippen LogP contribution in [0.3, 0.4) is 0 Å². The first-order valence-electron chi connectivity index (χ1n) is 12.0. The van der Waals surface area contributed by atoms with E-state index in [1.165, 1.54) is 7.11 Å². The molecule has 3 aliphatic carbocycles. The lowest BCUT2D eigenvalue weighted by Gasteiger charge is -2.47. The van der Waals surface area contributed by atoms with Crippen LogP contribution in [0.1, 0.15) is 40.2 Å². The zero-order chi connectivity index (χ0) is 25.2. The highest BCUT2D eigenvalue weighted by Crippen LogP contribution is 2.65. The molecule has 8 heteroatoms. The number of ketones is 1. The molecule has 1 aliphatic heterocycles. The topological polar surface area (TPSA) is 89.5 Å². The van der Waals surface area contributed by atoms with Crippen LogP contribution in [0.15, 0.2) is 36.4 Å². The smallest absolute Gasteiger partial charge is 0.310 e. The number of carbonyl (C=O) groups is 2. The predicted molar refractivity (Wildman–Crippen MR) is 128 cm³/mol. The van der Waals surface area contributed by atoms with Crippen molar-refractivity contribution in [1.29, 1.82) is 0 Å². The van der Waals surface area contributed by atoms with Gasteiger partial charge in [-0.25, -0.2) is 0 Å². The maximum Gasteiger partial charge on any atom is 0.310 e. The number of Topliss-reactive ketones (excluding diaryl/α,β-unsaturated/α-hetero) is 1. The third kappa shape index (κ3) is 2.93. The summed E-state index contributed by atoms with van der Waals surface area (Å²) in [5.74, 6) is 0.971. The fourth-order valence-electron chi connectivity index (χ4n) is 6.92. The van der Waals surface area contributed by atoms with Crippen LogP contribution in [-0.4, -0.2) is 47.0 Å². The van der Waals surface area contributed by atoms with Gasteiger partial charge in [0.1, 0.15) is 0 Å². The Kier molecular flexibility index (Phi) is 5.17. The molecule has 0 unspecified atom stereocenters. The third-order valence-electron chi connectivity index (χ3n) is 8.37. The molecule has 8 nitrogen and oxygen atoms in total. The zero-order valence-corrected chi connectivity index (χ0v) is 20.7. The van der Waals surface area contributed by atoms with Crippen molar-refractivity contribution in [2.24, 2.45) is 23.2 Å². The van der Waals surface area contributed by atoms with Crippen molar-refractivity contribution in [3.05, 3.63) is 53.1 Å². The second-order valence-electron chi connectivity index (χ2n) is 9.79. The Morgan fingerprint density at radius 1 is 0.944 bits per heavy atom. The molecule has 2 aromatic rings. The Morgan fingerprint density at radius 3 is 2.19 bits per heavy atom. The standard InChI is InChI=1S/C28H28O8/c1-31-21-8-15(9-22(32-2)25(21)33-3)23-17-10-19-20(36-13-35-19)11-18(17)26(29)28(24(23)27(30)34-4)12-14-5-6-16(28)7-14/h5-6,8-11,14,16,23-24H,7,12-13H2,1-4H3/t14-,16-,23+,24+,28+/m0/s1. The van der Waals surface area contributed by atoms with Gasteiger partial charge in [0, 0.05) is 11.5 Å². The van der Waals surface area contributed by atoms with Gasteiger partial charge in [-0.15, -0.1) is 0 Å². The molecule has 0 saturated heterocycles. The van der Waals surface area contributed by atoms with Crippen molar-refractivity contribution in [3.8, 4) is 28.7 Å². The van der Waals surface area contributed by atoms with Gasteiger partial charge >= 0.3 is 5.97 Å². The molecule has 1 saturated carbocycles. The van der Waals surface area contributed by atoms with E-state index in [1.807, 2.05) is 18.2 Å². The summed E-state index contributed by atoms with van der Waals surface area (Å²) in [5.41, 5.74) is 1.10. The Morgan fingerprint density at radius 2 is 1.64 bits per heavy atom. The molecule has 6 rings (SSSR count). The number of hydrogen-bond acceptors (Lipinski definition) is 8. The number of allylic oxidation sites excluding steroid dienone is 2. The third-order valence-corrected chi connectivity index (χ3v) is 8.37. The first-order valence-corrected chi connectivity index (χ1v) is 12.0. The van der Waals surface area contributed by atoms with Crippen LogP contribution in [0.2, 0.25) is 0 Å². The molecule has 0 amide bonds. The number of rotatable bonds is 5. The highest BCUT2D eigenvalue weighted by atomic mass is 16.7. The van der Waals surface area contributed by atoms with Gasteiger partial charge in [-0.2, -0.15) is 0 Å². The van der Waals surface area contributed by atoms with Gasteiger partial charge in [0.2, 0.25) is 12.5 Å². The Hall–Kier alpha value is -3.68. The van der Waals surface area contributed by atoms with Crippen LogP contribution in [0.4, 0.5) is 0 Å². The summed E-state index contributed by atoms with van der Waals surface area (Å²) >= 11 is 0. The van der Waals surface area contributed by atoms with Crippen LogP contribution in [0, 0.1) is 23.2 Å². The summed E-state index contributed by atoms with van der Waals surface area (Å²) in [6.45, 7) is 0.0836. The number of benzene rings is 2. The first-order chi connectivity index (χ1) is 17.5. The van der Waals surface area contributed by atoms with E-state index >= 15 is 0 Å².